The highest BCUT2D eigenvalue weighted by Gasteiger charge is 2.32. The molecule has 1 aliphatic heterocycles. The van der Waals surface area contributed by atoms with E-state index in [-0.39, 0.29) is 25.3 Å². The van der Waals surface area contributed by atoms with Gasteiger partial charge >= 0.3 is 0 Å². The van der Waals surface area contributed by atoms with E-state index in [0.717, 1.165) is 36.0 Å². The van der Waals surface area contributed by atoms with Crippen molar-refractivity contribution in [2.75, 3.05) is 25.1 Å². The third-order valence-corrected chi connectivity index (χ3v) is 4.72. The van der Waals surface area contributed by atoms with Crippen LogP contribution in [0.15, 0.2) is 29.8 Å². The Balaban J connectivity index is 1.72. The van der Waals surface area contributed by atoms with Crippen molar-refractivity contribution in [1.82, 2.24) is 14.9 Å². The molecule has 0 aliphatic carbocycles. The highest BCUT2D eigenvalue weighted by atomic mass is 32.1. The van der Waals surface area contributed by atoms with Crippen LogP contribution in [0.1, 0.15) is 24.6 Å². The molecule has 1 aliphatic rings. The molecule has 118 valence electrons. The SMILES string of the molecule is OCC(CO)N1CCC[C@@H]1c1csc(Nc2ccccn2)n1. The van der Waals surface area contributed by atoms with Crippen LogP contribution in [0.3, 0.4) is 0 Å². The zero-order valence-corrected chi connectivity index (χ0v) is 13.0. The van der Waals surface area contributed by atoms with E-state index in [9.17, 15) is 10.2 Å². The molecule has 0 aromatic carbocycles. The van der Waals surface area contributed by atoms with Crippen LogP contribution in [0, 0.1) is 0 Å². The summed E-state index contributed by atoms with van der Waals surface area (Å²) in [6, 6.07) is 5.66. The van der Waals surface area contributed by atoms with Crippen molar-refractivity contribution in [3.63, 3.8) is 0 Å². The summed E-state index contributed by atoms with van der Waals surface area (Å²) < 4.78 is 0. The van der Waals surface area contributed by atoms with Crippen molar-refractivity contribution in [3.8, 4) is 0 Å². The molecule has 0 bridgehead atoms. The van der Waals surface area contributed by atoms with Crippen molar-refractivity contribution < 1.29 is 10.2 Å². The van der Waals surface area contributed by atoms with Gasteiger partial charge in [-0.25, -0.2) is 9.97 Å². The number of anilines is 2. The molecule has 1 fully saturated rings. The van der Waals surface area contributed by atoms with Gasteiger partial charge in [-0.05, 0) is 31.5 Å². The number of aliphatic hydroxyl groups is 2. The fourth-order valence-corrected chi connectivity index (χ4v) is 3.62. The Morgan fingerprint density at radius 3 is 2.95 bits per heavy atom. The average molecular weight is 320 g/mol. The van der Waals surface area contributed by atoms with E-state index in [1.807, 2.05) is 23.6 Å². The number of nitrogens with one attached hydrogen (secondary N) is 1. The molecule has 7 heteroatoms. The largest absolute Gasteiger partial charge is 0.395 e. The van der Waals surface area contributed by atoms with E-state index in [4.69, 9.17) is 0 Å². The van der Waals surface area contributed by atoms with Gasteiger partial charge in [-0.15, -0.1) is 11.3 Å². The summed E-state index contributed by atoms with van der Waals surface area (Å²) in [7, 11) is 0. The van der Waals surface area contributed by atoms with Crippen molar-refractivity contribution >= 4 is 22.3 Å². The quantitative estimate of drug-likeness (QED) is 0.752. The Labute approximate surface area is 133 Å². The first kappa shape index (κ1) is 15.4. The topological polar surface area (TPSA) is 81.5 Å². The molecule has 0 saturated carbocycles. The first-order valence-corrected chi connectivity index (χ1v) is 8.30. The lowest BCUT2D eigenvalue weighted by Gasteiger charge is -2.29. The van der Waals surface area contributed by atoms with Gasteiger partial charge in [-0.1, -0.05) is 6.07 Å². The molecule has 0 amide bonds. The predicted molar refractivity (Wildman–Crippen MR) is 86.3 cm³/mol. The third kappa shape index (κ3) is 3.27. The monoisotopic (exact) mass is 320 g/mol. The van der Waals surface area contributed by atoms with Crippen molar-refractivity contribution in [3.05, 3.63) is 35.5 Å². The number of pyridine rings is 1. The number of hydrogen-bond donors (Lipinski definition) is 3. The Hall–Kier alpha value is -1.54. The van der Waals surface area contributed by atoms with Crippen LogP contribution in [0.4, 0.5) is 10.9 Å². The number of nitrogens with zero attached hydrogens (tertiary/aromatic N) is 3. The molecule has 0 radical (unpaired) electrons. The number of rotatable bonds is 6. The molecule has 0 spiro atoms. The van der Waals surface area contributed by atoms with Gasteiger partial charge in [0, 0.05) is 11.6 Å². The lowest BCUT2D eigenvalue weighted by Crippen LogP contribution is -2.40. The smallest absolute Gasteiger partial charge is 0.188 e. The van der Waals surface area contributed by atoms with Gasteiger partial charge in [0.1, 0.15) is 5.82 Å². The van der Waals surface area contributed by atoms with Crippen LogP contribution in [-0.2, 0) is 0 Å². The zero-order valence-electron chi connectivity index (χ0n) is 12.2. The van der Waals surface area contributed by atoms with Gasteiger partial charge in [0.2, 0.25) is 0 Å². The van der Waals surface area contributed by atoms with E-state index >= 15 is 0 Å². The molecule has 6 nitrogen and oxygen atoms in total. The summed E-state index contributed by atoms with van der Waals surface area (Å²) in [4.78, 5) is 11.0. The van der Waals surface area contributed by atoms with Gasteiger partial charge in [-0.3, -0.25) is 4.90 Å². The summed E-state index contributed by atoms with van der Waals surface area (Å²) >= 11 is 1.55. The fourth-order valence-electron chi connectivity index (χ4n) is 2.85. The Bertz CT molecular complexity index is 588. The molecule has 1 saturated heterocycles. The fraction of sp³-hybridized carbons (Fsp3) is 0.467. The Morgan fingerprint density at radius 1 is 1.36 bits per heavy atom. The maximum atomic E-state index is 9.41. The van der Waals surface area contributed by atoms with Gasteiger partial charge < -0.3 is 15.5 Å². The molecule has 0 unspecified atom stereocenters. The standard InChI is InChI=1S/C15H20N4O2S/c20-8-11(9-21)19-7-3-4-13(19)12-10-22-15(17-12)18-14-5-1-2-6-16-14/h1-2,5-6,10-11,13,20-21H,3-4,7-9H2,(H,16,17,18)/t13-/m1/s1. The number of aromatic nitrogens is 2. The van der Waals surface area contributed by atoms with Crippen LogP contribution >= 0.6 is 11.3 Å². The van der Waals surface area contributed by atoms with Crippen molar-refractivity contribution in [1.29, 1.82) is 0 Å². The Morgan fingerprint density at radius 2 is 2.23 bits per heavy atom. The van der Waals surface area contributed by atoms with Crippen molar-refractivity contribution in [2.24, 2.45) is 0 Å². The molecule has 3 heterocycles. The van der Waals surface area contributed by atoms with Gasteiger partial charge in [0.15, 0.2) is 5.13 Å². The molecule has 1 atom stereocenters. The van der Waals surface area contributed by atoms with Crippen LogP contribution in [0.2, 0.25) is 0 Å². The summed E-state index contributed by atoms with van der Waals surface area (Å²) in [6.07, 6.45) is 3.80. The first-order chi connectivity index (χ1) is 10.8. The predicted octanol–water partition coefficient (Wildman–Crippen LogP) is 1.77. The number of aliphatic hydroxyl groups excluding tert-OH is 2. The molecule has 3 rings (SSSR count). The third-order valence-electron chi connectivity index (χ3n) is 3.95. The average Bonchev–Trinajstić information content (AvgIpc) is 3.19. The minimum absolute atomic E-state index is 0.0316. The highest BCUT2D eigenvalue weighted by molar-refractivity contribution is 7.13. The van der Waals surface area contributed by atoms with Crippen LogP contribution in [-0.4, -0.2) is 50.9 Å². The summed E-state index contributed by atoms with van der Waals surface area (Å²) in [6.45, 7) is 0.823. The number of hydrogen-bond acceptors (Lipinski definition) is 7. The second-order valence-electron chi connectivity index (χ2n) is 5.33. The Kier molecular flexibility index (Phi) is 4.99. The van der Waals surface area contributed by atoms with Crippen LogP contribution < -0.4 is 5.32 Å². The van der Waals surface area contributed by atoms with Gasteiger partial charge in [0.05, 0.1) is 31.0 Å². The summed E-state index contributed by atoms with van der Waals surface area (Å²) in [5, 5.41) is 24.9. The maximum absolute atomic E-state index is 9.41. The molecule has 22 heavy (non-hydrogen) atoms. The molecule has 2 aromatic heterocycles. The first-order valence-electron chi connectivity index (χ1n) is 7.42. The normalized spacial score (nSPS) is 19.0. The summed E-state index contributed by atoms with van der Waals surface area (Å²) in [5.41, 5.74) is 0.993. The lowest BCUT2D eigenvalue weighted by atomic mass is 10.1. The van der Waals surface area contributed by atoms with Crippen LogP contribution in [0.5, 0.6) is 0 Å². The van der Waals surface area contributed by atoms with E-state index in [1.54, 1.807) is 17.5 Å². The van der Waals surface area contributed by atoms with Gasteiger partial charge in [-0.2, -0.15) is 0 Å². The second-order valence-corrected chi connectivity index (χ2v) is 6.19. The molecule has 2 aromatic rings. The van der Waals surface area contributed by atoms with Crippen LogP contribution in [0.25, 0.3) is 0 Å². The molecular formula is C15H20N4O2S. The van der Waals surface area contributed by atoms with E-state index in [2.05, 4.69) is 20.2 Å². The van der Waals surface area contributed by atoms with Gasteiger partial charge in [0.25, 0.3) is 0 Å². The van der Waals surface area contributed by atoms with E-state index in [0.29, 0.717) is 0 Å². The highest BCUT2D eigenvalue weighted by Crippen LogP contribution is 2.35. The minimum Gasteiger partial charge on any atom is -0.395 e. The van der Waals surface area contributed by atoms with E-state index in [1.165, 1.54) is 0 Å². The molecular weight excluding hydrogens is 300 g/mol. The number of thiazole rings is 1. The second kappa shape index (κ2) is 7.15. The lowest BCUT2D eigenvalue weighted by molar-refractivity contribution is 0.0644. The minimum atomic E-state index is -0.207. The molecule has 3 N–H and O–H groups in total. The summed E-state index contributed by atoms with van der Waals surface area (Å²) in [5.74, 6) is 0.773. The van der Waals surface area contributed by atoms with Crippen molar-refractivity contribution in [2.45, 2.75) is 24.9 Å². The van der Waals surface area contributed by atoms with E-state index < -0.39 is 0 Å². The number of likely N-dealkylation sites (tertiary alicyclic amines) is 1. The zero-order chi connectivity index (χ0) is 15.4. The maximum Gasteiger partial charge on any atom is 0.188 e.